The van der Waals surface area contributed by atoms with Crippen molar-refractivity contribution in [2.75, 3.05) is 32.7 Å². The second-order valence-corrected chi connectivity index (χ2v) is 4.89. The van der Waals surface area contributed by atoms with Crippen LogP contribution in [0.3, 0.4) is 0 Å². The van der Waals surface area contributed by atoms with E-state index in [9.17, 15) is 5.11 Å². The molecule has 0 aromatic heterocycles. The molecule has 0 aliphatic heterocycles. The minimum Gasteiger partial charge on any atom is -0.387 e. The van der Waals surface area contributed by atoms with Crippen molar-refractivity contribution in [1.29, 1.82) is 5.26 Å². The highest BCUT2D eigenvalue weighted by Gasteiger charge is 2.07. The zero-order valence-corrected chi connectivity index (χ0v) is 12.5. The fourth-order valence-corrected chi connectivity index (χ4v) is 2.12. The van der Waals surface area contributed by atoms with Crippen LogP contribution in [0, 0.1) is 11.3 Å². The lowest BCUT2D eigenvalue weighted by atomic mass is 10.1. The predicted octanol–water partition coefficient (Wildman–Crippen LogP) is 1.91. The zero-order chi connectivity index (χ0) is 14.8. The van der Waals surface area contributed by atoms with Gasteiger partial charge < -0.3 is 15.3 Å². The Labute approximate surface area is 122 Å². The summed E-state index contributed by atoms with van der Waals surface area (Å²) < 4.78 is 0. The number of nitrogens with one attached hydrogen (secondary N) is 1. The first-order valence-corrected chi connectivity index (χ1v) is 7.32. The lowest BCUT2D eigenvalue weighted by Gasteiger charge is -2.20. The quantitative estimate of drug-likeness (QED) is 0.676. The van der Waals surface area contributed by atoms with Crippen molar-refractivity contribution in [3.05, 3.63) is 35.4 Å². The van der Waals surface area contributed by atoms with E-state index in [1.807, 2.05) is 0 Å². The Morgan fingerprint density at radius 1 is 1.25 bits per heavy atom. The van der Waals surface area contributed by atoms with E-state index in [1.54, 1.807) is 24.3 Å². The summed E-state index contributed by atoms with van der Waals surface area (Å²) >= 11 is 0. The summed E-state index contributed by atoms with van der Waals surface area (Å²) in [4.78, 5) is 2.39. The van der Waals surface area contributed by atoms with Gasteiger partial charge in [-0.2, -0.15) is 5.26 Å². The van der Waals surface area contributed by atoms with Crippen LogP contribution < -0.4 is 5.32 Å². The lowest BCUT2D eigenvalue weighted by molar-refractivity contribution is 0.172. The van der Waals surface area contributed by atoms with E-state index < -0.39 is 6.10 Å². The maximum absolute atomic E-state index is 10.1. The summed E-state index contributed by atoms with van der Waals surface area (Å²) in [5.74, 6) is 0. The van der Waals surface area contributed by atoms with Crippen LogP contribution in [0.5, 0.6) is 0 Å². The second-order valence-electron chi connectivity index (χ2n) is 4.89. The Morgan fingerprint density at radius 2 is 1.95 bits per heavy atom. The number of benzene rings is 1. The summed E-state index contributed by atoms with van der Waals surface area (Å²) in [5, 5.41) is 22.1. The van der Waals surface area contributed by atoms with Crippen LogP contribution in [-0.2, 0) is 0 Å². The molecule has 1 atom stereocenters. The standard InChI is InChI=1S/C16H25N3O/c1-3-10-19(4-2)11-9-18-13-16(20)15-7-5-14(12-17)6-8-15/h5-8,16,18,20H,3-4,9-11,13H2,1-2H3. The second kappa shape index (κ2) is 9.49. The molecule has 110 valence electrons. The van der Waals surface area contributed by atoms with E-state index in [0.717, 1.165) is 31.7 Å². The lowest BCUT2D eigenvalue weighted by Crippen LogP contribution is -2.34. The maximum atomic E-state index is 10.1. The first-order valence-electron chi connectivity index (χ1n) is 7.32. The first kappa shape index (κ1) is 16.6. The molecule has 20 heavy (non-hydrogen) atoms. The van der Waals surface area contributed by atoms with E-state index in [2.05, 4.69) is 30.1 Å². The Bertz CT molecular complexity index is 411. The average molecular weight is 275 g/mol. The summed E-state index contributed by atoms with van der Waals surface area (Å²) in [5.41, 5.74) is 1.46. The molecule has 1 aromatic rings. The molecule has 0 aliphatic carbocycles. The summed E-state index contributed by atoms with van der Waals surface area (Å²) in [7, 11) is 0. The Balaban J connectivity index is 2.28. The highest BCUT2D eigenvalue weighted by Crippen LogP contribution is 2.12. The van der Waals surface area contributed by atoms with Crippen LogP contribution in [0.15, 0.2) is 24.3 Å². The number of aliphatic hydroxyl groups is 1. The molecule has 4 heteroatoms. The van der Waals surface area contributed by atoms with Crippen LogP contribution in [0.4, 0.5) is 0 Å². The van der Waals surface area contributed by atoms with Gasteiger partial charge in [0.15, 0.2) is 0 Å². The Kier molecular flexibility index (Phi) is 7.89. The molecule has 4 nitrogen and oxygen atoms in total. The molecule has 0 amide bonds. The third-order valence-corrected chi connectivity index (χ3v) is 3.35. The SMILES string of the molecule is CCCN(CC)CCNCC(O)c1ccc(C#N)cc1. The molecule has 0 radical (unpaired) electrons. The Morgan fingerprint density at radius 3 is 2.50 bits per heavy atom. The zero-order valence-electron chi connectivity index (χ0n) is 12.5. The number of likely N-dealkylation sites (N-methyl/N-ethyl adjacent to an activating group) is 1. The molecular formula is C16H25N3O. The summed E-state index contributed by atoms with van der Waals surface area (Å²) in [6, 6.07) is 9.15. The molecule has 0 saturated heterocycles. The summed E-state index contributed by atoms with van der Waals surface area (Å²) in [6.07, 6.45) is 0.644. The van der Waals surface area contributed by atoms with Gasteiger partial charge in [0, 0.05) is 19.6 Å². The van der Waals surface area contributed by atoms with Crippen molar-refractivity contribution in [3.63, 3.8) is 0 Å². The van der Waals surface area contributed by atoms with E-state index >= 15 is 0 Å². The van der Waals surface area contributed by atoms with Gasteiger partial charge in [0.1, 0.15) is 0 Å². The van der Waals surface area contributed by atoms with E-state index in [1.165, 1.54) is 6.42 Å². The Hall–Kier alpha value is -1.41. The normalized spacial score (nSPS) is 12.3. The van der Waals surface area contributed by atoms with Crippen LogP contribution in [-0.4, -0.2) is 42.7 Å². The fraction of sp³-hybridized carbons (Fsp3) is 0.562. The molecule has 0 heterocycles. The predicted molar refractivity (Wildman–Crippen MR) is 81.4 cm³/mol. The van der Waals surface area contributed by atoms with Gasteiger partial charge in [-0.3, -0.25) is 0 Å². The number of hydrogen-bond acceptors (Lipinski definition) is 4. The number of nitriles is 1. The number of nitrogens with zero attached hydrogens (tertiary/aromatic N) is 2. The topological polar surface area (TPSA) is 59.3 Å². The third kappa shape index (κ3) is 5.70. The average Bonchev–Trinajstić information content (AvgIpc) is 2.50. The largest absolute Gasteiger partial charge is 0.387 e. The molecule has 0 bridgehead atoms. The highest BCUT2D eigenvalue weighted by molar-refractivity contribution is 5.32. The van der Waals surface area contributed by atoms with E-state index in [-0.39, 0.29) is 0 Å². The van der Waals surface area contributed by atoms with Crippen LogP contribution in [0.2, 0.25) is 0 Å². The fourth-order valence-electron chi connectivity index (χ4n) is 2.12. The van der Waals surface area contributed by atoms with Gasteiger partial charge in [-0.15, -0.1) is 0 Å². The van der Waals surface area contributed by atoms with Crippen LogP contribution in [0.25, 0.3) is 0 Å². The maximum Gasteiger partial charge on any atom is 0.0991 e. The number of rotatable bonds is 9. The molecule has 1 unspecified atom stereocenters. The van der Waals surface area contributed by atoms with Gasteiger partial charge in [-0.05, 0) is 37.2 Å². The van der Waals surface area contributed by atoms with Crippen molar-refractivity contribution < 1.29 is 5.11 Å². The monoisotopic (exact) mass is 275 g/mol. The molecule has 1 rings (SSSR count). The smallest absolute Gasteiger partial charge is 0.0991 e. The van der Waals surface area contributed by atoms with Gasteiger partial charge in [-0.25, -0.2) is 0 Å². The van der Waals surface area contributed by atoms with Crippen molar-refractivity contribution in [1.82, 2.24) is 10.2 Å². The van der Waals surface area contributed by atoms with Crippen molar-refractivity contribution in [2.24, 2.45) is 0 Å². The van der Waals surface area contributed by atoms with Gasteiger partial charge in [0.05, 0.1) is 17.7 Å². The van der Waals surface area contributed by atoms with Crippen molar-refractivity contribution in [3.8, 4) is 6.07 Å². The highest BCUT2D eigenvalue weighted by atomic mass is 16.3. The molecule has 0 spiro atoms. The number of aliphatic hydroxyl groups excluding tert-OH is 1. The molecule has 1 aromatic carbocycles. The van der Waals surface area contributed by atoms with Gasteiger partial charge in [0.2, 0.25) is 0 Å². The summed E-state index contributed by atoms with van der Waals surface area (Å²) in [6.45, 7) is 8.96. The van der Waals surface area contributed by atoms with Gasteiger partial charge in [-0.1, -0.05) is 26.0 Å². The van der Waals surface area contributed by atoms with Crippen LogP contribution in [0.1, 0.15) is 37.5 Å². The third-order valence-electron chi connectivity index (χ3n) is 3.35. The van der Waals surface area contributed by atoms with Crippen molar-refractivity contribution >= 4 is 0 Å². The number of hydrogen-bond donors (Lipinski definition) is 2. The molecule has 0 saturated carbocycles. The molecule has 0 fully saturated rings. The van der Waals surface area contributed by atoms with Gasteiger partial charge in [0.25, 0.3) is 0 Å². The molecular weight excluding hydrogens is 250 g/mol. The van der Waals surface area contributed by atoms with Crippen LogP contribution >= 0.6 is 0 Å². The van der Waals surface area contributed by atoms with Gasteiger partial charge >= 0.3 is 0 Å². The van der Waals surface area contributed by atoms with E-state index in [0.29, 0.717) is 12.1 Å². The first-order chi connectivity index (χ1) is 9.71. The minimum atomic E-state index is -0.524. The van der Waals surface area contributed by atoms with Crippen molar-refractivity contribution in [2.45, 2.75) is 26.4 Å². The molecule has 2 N–H and O–H groups in total. The van der Waals surface area contributed by atoms with E-state index in [4.69, 9.17) is 5.26 Å². The molecule has 0 aliphatic rings. The minimum absolute atomic E-state index is 0.524.